The summed E-state index contributed by atoms with van der Waals surface area (Å²) in [5.74, 6) is -0.969. The minimum atomic E-state index is -0.808. The van der Waals surface area contributed by atoms with Gasteiger partial charge in [-0.1, -0.05) is 322 Å². The number of esters is 3. The molecule has 0 spiro atoms. The highest BCUT2D eigenvalue weighted by atomic mass is 16.6. The molecule has 1 atom stereocenters. The van der Waals surface area contributed by atoms with Gasteiger partial charge in [-0.3, -0.25) is 14.4 Å². The fourth-order valence-electron chi connectivity index (χ4n) is 9.74. The van der Waals surface area contributed by atoms with Gasteiger partial charge in [0, 0.05) is 19.3 Å². The van der Waals surface area contributed by atoms with Crippen molar-refractivity contribution in [3.8, 4) is 0 Å². The van der Waals surface area contributed by atoms with Crippen molar-refractivity contribution in [2.24, 2.45) is 0 Å². The van der Waals surface area contributed by atoms with E-state index < -0.39 is 6.10 Å². The lowest BCUT2D eigenvalue weighted by Crippen LogP contribution is -2.30. The quantitative estimate of drug-likeness (QED) is 0.0261. The Morgan fingerprint density at radius 2 is 0.482 bits per heavy atom. The van der Waals surface area contributed by atoms with Crippen LogP contribution in [0, 0.1) is 0 Å². The molecule has 0 N–H and O–H groups in total. The first-order valence-electron chi connectivity index (χ1n) is 35.0. The highest BCUT2D eigenvalue weighted by Crippen LogP contribution is 2.17. The van der Waals surface area contributed by atoms with Crippen LogP contribution in [0.4, 0.5) is 0 Å². The molecule has 0 saturated heterocycles. The molecule has 0 heterocycles. The summed E-state index contributed by atoms with van der Waals surface area (Å²) < 4.78 is 16.7. The lowest BCUT2D eigenvalue weighted by molar-refractivity contribution is -0.167. The van der Waals surface area contributed by atoms with Crippen molar-refractivity contribution < 1.29 is 28.6 Å². The molecule has 0 radical (unpaired) electrons. The number of unbranched alkanes of at least 4 members (excludes halogenated alkanes) is 32. The molecule has 83 heavy (non-hydrogen) atoms. The third kappa shape index (κ3) is 68.5. The van der Waals surface area contributed by atoms with E-state index in [0.29, 0.717) is 19.3 Å². The summed E-state index contributed by atoms with van der Waals surface area (Å²) in [6.07, 6.45) is 98.7. The van der Waals surface area contributed by atoms with Crippen LogP contribution < -0.4 is 0 Å². The van der Waals surface area contributed by atoms with Crippen LogP contribution in [0.5, 0.6) is 0 Å². The Balaban J connectivity index is 4.08. The molecule has 0 saturated carbocycles. The zero-order valence-electron chi connectivity index (χ0n) is 54.4. The monoisotopic (exact) mass is 1150 g/mol. The number of rotatable bonds is 63. The van der Waals surface area contributed by atoms with Gasteiger partial charge in [-0.2, -0.15) is 0 Å². The van der Waals surface area contributed by atoms with Gasteiger partial charge < -0.3 is 14.2 Å². The molecule has 0 aromatic carbocycles. The van der Waals surface area contributed by atoms with Crippen molar-refractivity contribution in [1.29, 1.82) is 0 Å². The maximum atomic E-state index is 12.8. The number of hydrogen-bond acceptors (Lipinski definition) is 6. The van der Waals surface area contributed by atoms with Crippen LogP contribution in [0.25, 0.3) is 0 Å². The van der Waals surface area contributed by atoms with Crippen LogP contribution in [-0.2, 0) is 28.6 Å². The van der Waals surface area contributed by atoms with E-state index in [1.165, 1.54) is 167 Å². The van der Waals surface area contributed by atoms with Gasteiger partial charge >= 0.3 is 17.9 Å². The standard InChI is InChI=1S/C77H130O6/c1-4-7-10-13-15-17-19-21-23-25-27-29-31-33-35-37-38-40-41-43-45-47-49-51-53-55-57-59-61-64-67-70-76(79)82-73-74(72-81-75(78)69-66-63-12-9-6-3)83-77(80)71-68-65-62-60-58-56-54-52-50-48-46-44-42-39-36-34-32-30-28-26-24-22-20-18-16-14-11-8-5-2/h8,11,16,18,22,24-25,27-28,30,34,36,42,44,48,50,54,56,60,62,74H,4-7,9-10,12-15,17,19-21,23,26,29,31-33,35,37-41,43,45-47,49,51-53,55,57-59,61,63-73H2,1-3H3/b11-8-,18-16-,24-22-,27-25-,30-28-,36-34-,44-42-,50-48-,56-54-,62-60-. The third-order valence-corrected chi connectivity index (χ3v) is 15.0. The molecule has 0 rings (SSSR count). The second kappa shape index (κ2) is 70.3. The zero-order valence-corrected chi connectivity index (χ0v) is 54.4. The Kier molecular flexibility index (Phi) is 66.7. The summed E-state index contributed by atoms with van der Waals surface area (Å²) in [6.45, 7) is 6.42. The Bertz CT molecular complexity index is 1700. The Labute approximate surface area is 513 Å². The van der Waals surface area contributed by atoms with Crippen LogP contribution in [0.3, 0.4) is 0 Å². The van der Waals surface area contributed by atoms with Crippen molar-refractivity contribution in [2.45, 2.75) is 335 Å². The zero-order chi connectivity index (χ0) is 59.9. The van der Waals surface area contributed by atoms with Gasteiger partial charge in [0.2, 0.25) is 0 Å². The average molecular weight is 1150 g/mol. The number of allylic oxidation sites excluding steroid dienone is 20. The Morgan fingerprint density at radius 3 is 0.783 bits per heavy atom. The first-order chi connectivity index (χ1) is 41.0. The van der Waals surface area contributed by atoms with Crippen molar-refractivity contribution in [3.63, 3.8) is 0 Å². The van der Waals surface area contributed by atoms with Crippen molar-refractivity contribution >= 4 is 17.9 Å². The maximum absolute atomic E-state index is 12.8. The number of ether oxygens (including phenoxy) is 3. The average Bonchev–Trinajstić information content (AvgIpc) is 3.48. The molecule has 6 nitrogen and oxygen atoms in total. The molecule has 0 fully saturated rings. The molecule has 0 aromatic rings. The molecule has 0 aromatic heterocycles. The molecule has 474 valence electrons. The number of carbonyl (C=O) groups is 3. The molecule has 0 amide bonds. The lowest BCUT2D eigenvalue weighted by Gasteiger charge is -2.18. The molecule has 0 aliphatic carbocycles. The SMILES string of the molecule is CC/C=C\C/C=C\C/C=C\C/C=C\C/C=C\C/C=C\C/C=C\C/C=C\C/C=C\CCCC(=O)OC(COC(=O)CCCCCCC)COC(=O)CCCCCCCCCCCCCCCCCCCCC/C=C\CCCCCCCCCC. The molecule has 0 aliphatic rings. The van der Waals surface area contributed by atoms with E-state index in [0.717, 1.165) is 116 Å². The van der Waals surface area contributed by atoms with Gasteiger partial charge in [0.25, 0.3) is 0 Å². The molecule has 0 bridgehead atoms. The third-order valence-electron chi connectivity index (χ3n) is 15.0. The van der Waals surface area contributed by atoms with Gasteiger partial charge in [0.15, 0.2) is 6.10 Å². The Hall–Kier alpha value is -4.19. The fourth-order valence-corrected chi connectivity index (χ4v) is 9.74. The van der Waals surface area contributed by atoms with Crippen LogP contribution in [0.2, 0.25) is 0 Å². The smallest absolute Gasteiger partial charge is 0.306 e. The van der Waals surface area contributed by atoms with Gasteiger partial charge in [-0.05, 0) is 109 Å². The predicted octanol–water partition coefficient (Wildman–Crippen LogP) is 24.3. The van der Waals surface area contributed by atoms with Crippen LogP contribution in [-0.4, -0.2) is 37.2 Å². The summed E-state index contributed by atoms with van der Waals surface area (Å²) in [7, 11) is 0. The van der Waals surface area contributed by atoms with E-state index in [1.807, 2.05) is 0 Å². The molecule has 1 unspecified atom stereocenters. The minimum Gasteiger partial charge on any atom is -0.462 e. The summed E-state index contributed by atoms with van der Waals surface area (Å²) in [4.78, 5) is 38.0. The highest BCUT2D eigenvalue weighted by Gasteiger charge is 2.19. The maximum Gasteiger partial charge on any atom is 0.306 e. The van der Waals surface area contributed by atoms with Crippen molar-refractivity contribution in [2.75, 3.05) is 13.2 Å². The van der Waals surface area contributed by atoms with E-state index in [-0.39, 0.29) is 37.5 Å². The van der Waals surface area contributed by atoms with E-state index >= 15 is 0 Å². The van der Waals surface area contributed by atoms with E-state index in [2.05, 4.69) is 142 Å². The first-order valence-corrected chi connectivity index (χ1v) is 35.0. The van der Waals surface area contributed by atoms with Gasteiger partial charge in [-0.15, -0.1) is 0 Å². The lowest BCUT2D eigenvalue weighted by atomic mass is 10.0. The topological polar surface area (TPSA) is 78.9 Å². The summed E-state index contributed by atoms with van der Waals surface area (Å²) in [6, 6.07) is 0. The van der Waals surface area contributed by atoms with Crippen molar-refractivity contribution in [1.82, 2.24) is 0 Å². The predicted molar refractivity (Wildman–Crippen MR) is 362 cm³/mol. The molecule has 0 aliphatic heterocycles. The fraction of sp³-hybridized carbons (Fsp3) is 0.701. The largest absolute Gasteiger partial charge is 0.462 e. The summed E-state index contributed by atoms with van der Waals surface area (Å²) >= 11 is 0. The second-order valence-corrected chi connectivity index (χ2v) is 23.1. The van der Waals surface area contributed by atoms with Crippen LogP contribution in [0.15, 0.2) is 122 Å². The van der Waals surface area contributed by atoms with E-state index in [9.17, 15) is 14.4 Å². The normalized spacial score (nSPS) is 12.9. The van der Waals surface area contributed by atoms with Gasteiger partial charge in [0.1, 0.15) is 13.2 Å². The van der Waals surface area contributed by atoms with Crippen molar-refractivity contribution in [3.05, 3.63) is 122 Å². The summed E-state index contributed by atoms with van der Waals surface area (Å²) in [5, 5.41) is 0. The molecule has 6 heteroatoms. The first kappa shape index (κ1) is 78.8. The van der Waals surface area contributed by atoms with Gasteiger partial charge in [-0.25, -0.2) is 0 Å². The highest BCUT2D eigenvalue weighted by molar-refractivity contribution is 5.71. The summed E-state index contributed by atoms with van der Waals surface area (Å²) in [5.41, 5.74) is 0. The molecular weight excluding hydrogens is 1020 g/mol. The van der Waals surface area contributed by atoms with E-state index in [1.54, 1.807) is 0 Å². The van der Waals surface area contributed by atoms with Gasteiger partial charge in [0.05, 0.1) is 0 Å². The minimum absolute atomic E-state index is 0.101. The second-order valence-electron chi connectivity index (χ2n) is 23.1. The van der Waals surface area contributed by atoms with E-state index in [4.69, 9.17) is 14.2 Å². The van der Waals surface area contributed by atoms with Crippen LogP contribution in [0.1, 0.15) is 329 Å². The number of hydrogen-bond donors (Lipinski definition) is 0. The number of carbonyl (C=O) groups excluding carboxylic acids is 3. The molecular formula is C77H130O6. The Morgan fingerprint density at radius 1 is 0.253 bits per heavy atom. The van der Waals surface area contributed by atoms with Crippen LogP contribution >= 0.6 is 0 Å².